The molecule has 2 heterocycles. The van der Waals surface area contributed by atoms with Gasteiger partial charge in [-0.2, -0.15) is 0 Å². The van der Waals surface area contributed by atoms with Crippen LogP contribution in [0.2, 0.25) is 0 Å². The van der Waals surface area contributed by atoms with Crippen molar-refractivity contribution in [2.45, 2.75) is 32.4 Å². The minimum absolute atomic E-state index is 0.174. The SMILES string of the molecule is CC1C(C(=O)O)CCN1C(=O)NCCCn1ccnc1. The summed E-state index contributed by atoms with van der Waals surface area (Å²) in [6, 6.07) is -0.423. The number of hydrogen-bond acceptors (Lipinski definition) is 3. The Labute approximate surface area is 117 Å². The Bertz CT molecular complexity index is 460. The molecule has 0 bridgehead atoms. The third-order valence-corrected chi connectivity index (χ3v) is 3.76. The number of carboxylic acids is 1. The molecule has 2 amide bonds. The molecule has 1 aromatic rings. The number of aromatic nitrogens is 2. The van der Waals surface area contributed by atoms with Crippen LogP contribution in [-0.4, -0.2) is 50.7 Å². The van der Waals surface area contributed by atoms with Gasteiger partial charge in [0.15, 0.2) is 0 Å². The van der Waals surface area contributed by atoms with Crippen LogP contribution in [0.3, 0.4) is 0 Å². The molecule has 110 valence electrons. The lowest BCUT2D eigenvalue weighted by Crippen LogP contribution is -2.44. The zero-order chi connectivity index (χ0) is 14.5. The number of rotatable bonds is 5. The van der Waals surface area contributed by atoms with Gasteiger partial charge in [-0.1, -0.05) is 0 Å². The summed E-state index contributed by atoms with van der Waals surface area (Å²) in [5, 5.41) is 11.9. The Morgan fingerprint density at radius 3 is 2.90 bits per heavy atom. The summed E-state index contributed by atoms with van der Waals surface area (Å²) in [5.41, 5.74) is 0. The van der Waals surface area contributed by atoms with Gasteiger partial charge in [0, 0.05) is 38.1 Å². The van der Waals surface area contributed by atoms with Gasteiger partial charge in [-0.25, -0.2) is 9.78 Å². The number of aryl methyl sites for hydroxylation is 1. The molecule has 2 N–H and O–H groups in total. The van der Waals surface area contributed by atoms with Gasteiger partial charge in [-0.05, 0) is 19.8 Å². The van der Waals surface area contributed by atoms with E-state index < -0.39 is 11.9 Å². The molecule has 0 saturated carbocycles. The molecule has 1 aliphatic heterocycles. The molecule has 1 saturated heterocycles. The lowest BCUT2D eigenvalue weighted by atomic mass is 10.0. The van der Waals surface area contributed by atoms with Crippen molar-refractivity contribution < 1.29 is 14.7 Å². The predicted octanol–water partition coefficient (Wildman–Crippen LogP) is 0.778. The number of aliphatic carboxylic acids is 1. The largest absolute Gasteiger partial charge is 0.481 e. The zero-order valence-corrected chi connectivity index (χ0v) is 11.5. The summed E-state index contributed by atoms with van der Waals surface area (Å²) < 4.78 is 1.95. The minimum Gasteiger partial charge on any atom is -0.481 e. The number of nitrogens with one attached hydrogen (secondary N) is 1. The zero-order valence-electron chi connectivity index (χ0n) is 11.5. The molecule has 2 rings (SSSR count). The lowest BCUT2D eigenvalue weighted by molar-refractivity contribution is -0.142. The highest BCUT2D eigenvalue weighted by molar-refractivity contribution is 5.78. The predicted molar refractivity (Wildman–Crippen MR) is 72.2 cm³/mol. The molecule has 7 heteroatoms. The highest BCUT2D eigenvalue weighted by Gasteiger charge is 2.37. The van der Waals surface area contributed by atoms with Crippen LogP contribution in [0.1, 0.15) is 19.8 Å². The highest BCUT2D eigenvalue weighted by atomic mass is 16.4. The number of carbonyl (C=O) groups excluding carboxylic acids is 1. The second-order valence-corrected chi connectivity index (χ2v) is 5.05. The first-order valence-electron chi connectivity index (χ1n) is 6.82. The molecule has 20 heavy (non-hydrogen) atoms. The van der Waals surface area contributed by atoms with Gasteiger partial charge in [0.1, 0.15) is 0 Å². The van der Waals surface area contributed by atoms with Crippen molar-refractivity contribution in [2.75, 3.05) is 13.1 Å². The Morgan fingerprint density at radius 2 is 2.30 bits per heavy atom. The first-order valence-corrected chi connectivity index (χ1v) is 6.82. The third-order valence-electron chi connectivity index (χ3n) is 3.76. The van der Waals surface area contributed by atoms with E-state index in [4.69, 9.17) is 5.11 Å². The van der Waals surface area contributed by atoms with Crippen molar-refractivity contribution in [3.63, 3.8) is 0 Å². The quantitative estimate of drug-likeness (QED) is 0.780. The van der Waals surface area contributed by atoms with Crippen LogP contribution in [0.15, 0.2) is 18.7 Å². The summed E-state index contributed by atoms with van der Waals surface area (Å²) >= 11 is 0. The maximum absolute atomic E-state index is 12.0. The first-order chi connectivity index (χ1) is 9.59. The van der Waals surface area contributed by atoms with Gasteiger partial charge in [0.25, 0.3) is 0 Å². The molecule has 2 unspecified atom stereocenters. The van der Waals surface area contributed by atoms with Crippen LogP contribution in [0, 0.1) is 5.92 Å². The van der Waals surface area contributed by atoms with Crippen molar-refractivity contribution in [3.8, 4) is 0 Å². The smallest absolute Gasteiger partial charge is 0.317 e. The Kier molecular flexibility index (Phi) is 4.60. The van der Waals surface area contributed by atoms with E-state index >= 15 is 0 Å². The average Bonchev–Trinajstić information content (AvgIpc) is 3.03. The van der Waals surface area contributed by atoms with Crippen molar-refractivity contribution >= 4 is 12.0 Å². The number of imidazole rings is 1. The van der Waals surface area contributed by atoms with Crippen LogP contribution in [-0.2, 0) is 11.3 Å². The Hall–Kier alpha value is -2.05. The van der Waals surface area contributed by atoms with Gasteiger partial charge in [0.2, 0.25) is 0 Å². The maximum atomic E-state index is 12.0. The van der Waals surface area contributed by atoms with Crippen LogP contribution in [0.25, 0.3) is 0 Å². The number of hydrogen-bond donors (Lipinski definition) is 2. The number of carbonyl (C=O) groups is 2. The van der Waals surface area contributed by atoms with Gasteiger partial charge in [-0.3, -0.25) is 4.79 Å². The van der Waals surface area contributed by atoms with Crippen LogP contribution >= 0.6 is 0 Å². The number of likely N-dealkylation sites (tertiary alicyclic amines) is 1. The molecule has 1 aromatic heterocycles. The van der Waals surface area contributed by atoms with E-state index in [1.807, 2.05) is 10.8 Å². The van der Waals surface area contributed by atoms with Crippen molar-refractivity contribution in [1.82, 2.24) is 19.8 Å². The molecule has 2 atom stereocenters. The van der Waals surface area contributed by atoms with Gasteiger partial charge in [0.05, 0.1) is 12.2 Å². The second-order valence-electron chi connectivity index (χ2n) is 5.05. The Balaban J connectivity index is 1.71. The monoisotopic (exact) mass is 280 g/mol. The minimum atomic E-state index is -0.826. The molecule has 0 aromatic carbocycles. The summed E-state index contributed by atoms with van der Waals surface area (Å²) in [7, 11) is 0. The van der Waals surface area contributed by atoms with E-state index in [9.17, 15) is 9.59 Å². The van der Waals surface area contributed by atoms with E-state index in [2.05, 4.69) is 10.3 Å². The Morgan fingerprint density at radius 1 is 1.50 bits per heavy atom. The molecule has 1 fully saturated rings. The molecule has 0 spiro atoms. The molecular formula is C13H20N4O3. The summed E-state index contributed by atoms with van der Waals surface area (Å²) in [4.78, 5) is 28.5. The lowest BCUT2D eigenvalue weighted by Gasteiger charge is -2.23. The fraction of sp³-hybridized carbons (Fsp3) is 0.615. The summed E-state index contributed by atoms with van der Waals surface area (Å²) in [6.07, 6.45) is 6.67. The van der Waals surface area contributed by atoms with Gasteiger partial charge in [-0.15, -0.1) is 0 Å². The molecule has 1 aliphatic rings. The fourth-order valence-electron chi connectivity index (χ4n) is 2.53. The van der Waals surface area contributed by atoms with E-state index in [0.717, 1.165) is 13.0 Å². The average molecular weight is 280 g/mol. The number of amides is 2. The van der Waals surface area contributed by atoms with Gasteiger partial charge < -0.3 is 19.9 Å². The first kappa shape index (κ1) is 14.4. The van der Waals surface area contributed by atoms with E-state index in [1.54, 1.807) is 24.3 Å². The number of urea groups is 1. The molecular weight excluding hydrogens is 260 g/mol. The van der Waals surface area contributed by atoms with Crippen molar-refractivity contribution in [3.05, 3.63) is 18.7 Å². The fourth-order valence-corrected chi connectivity index (χ4v) is 2.53. The van der Waals surface area contributed by atoms with Crippen LogP contribution in [0.4, 0.5) is 4.79 Å². The van der Waals surface area contributed by atoms with Crippen molar-refractivity contribution in [1.29, 1.82) is 0 Å². The van der Waals surface area contributed by atoms with Crippen LogP contribution < -0.4 is 5.32 Å². The van der Waals surface area contributed by atoms with Gasteiger partial charge >= 0.3 is 12.0 Å². The summed E-state index contributed by atoms with van der Waals surface area (Å²) in [6.45, 7) is 3.66. The maximum Gasteiger partial charge on any atom is 0.317 e. The summed E-state index contributed by atoms with van der Waals surface area (Å²) in [5.74, 6) is -1.28. The molecule has 7 nitrogen and oxygen atoms in total. The van der Waals surface area contributed by atoms with Crippen molar-refractivity contribution in [2.24, 2.45) is 5.92 Å². The van der Waals surface area contributed by atoms with E-state index in [-0.39, 0.29) is 12.1 Å². The topological polar surface area (TPSA) is 87.5 Å². The normalized spacial score (nSPS) is 21.9. The second kappa shape index (κ2) is 6.40. The standard InChI is InChI=1S/C13H20N4O3/c1-10-11(12(18)19)3-7-17(10)13(20)15-4-2-6-16-8-5-14-9-16/h5,8-11H,2-4,6-7H2,1H3,(H,15,20)(H,18,19). The third kappa shape index (κ3) is 3.28. The van der Waals surface area contributed by atoms with E-state index in [1.165, 1.54) is 0 Å². The number of carboxylic acid groups (broad SMARTS) is 1. The van der Waals surface area contributed by atoms with Crippen LogP contribution in [0.5, 0.6) is 0 Å². The number of nitrogens with zero attached hydrogens (tertiary/aromatic N) is 3. The molecule has 0 aliphatic carbocycles. The van der Waals surface area contributed by atoms with E-state index in [0.29, 0.717) is 19.5 Å². The highest BCUT2D eigenvalue weighted by Crippen LogP contribution is 2.24. The molecule has 0 radical (unpaired) electrons.